The van der Waals surface area contributed by atoms with Crippen molar-refractivity contribution in [3.63, 3.8) is 0 Å². The van der Waals surface area contributed by atoms with Gasteiger partial charge in [0.25, 0.3) is 11.8 Å². The molecule has 1 saturated heterocycles. The van der Waals surface area contributed by atoms with Gasteiger partial charge in [-0.15, -0.1) is 0 Å². The van der Waals surface area contributed by atoms with E-state index in [2.05, 4.69) is 15.5 Å². The maximum absolute atomic E-state index is 13.0. The van der Waals surface area contributed by atoms with Gasteiger partial charge in [0.15, 0.2) is 0 Å². The number of hydrogen-bond donors (Lipinski definition) is 2. The number of imide groups is 2. The van der Waals surface area contributed by atoms with E-state index in [0.717, 1.165) is 23.6 Å². The second-order valence-electron chi connectivity index (χ2n) is 6.63. The quantitative estimate of drug-likeness (QED) is 0.680. The third-order valence-corrected chi connectivity index (χ3v) is 4.74. The molecular weight excluding hydrogens is 336 g/mol. The molecule has 0 spiro atoms. The SMILES string of the molecule is CNCCN(C)Cc1cccc2c1C(=O)N(C1CCC(=O)NC1=O)C2=O. The molecular formula is C18H22N4O4. The number of carbonyl (C=O) groups is 4. The molecule has 26 heavy (non-hydrogen) atoms. The van der Waals surface area contributed by atoms with E-state index in [0.29, 0.717) is 17.7 Å². The molecule has 2 aliphatic heterocycles. The van der Waals surface area contributed by atoms with Crippen molar-refractivity contribution in [3.05, 3.63) is 34.9 Å². The fourth-order valence-electron chi connectivity index (χ4n) is 3.39. The molecule has 2 heterocycles. The van der Waals surface area contributed by atoms with Crippen LogP contribution in [0, 0.1) is 0 Å². The zero-order valence-electron chi connectivity index (χ0n) is 14.9. The Kier molecular flexibility index (Phi) is 5.15. The summed E-state index contributed by atoms with van der Waals surface area (Å²) in [5.41, 5.74) is 1.44. The Morgan fingerprint density at radius 2 is 2.00 bits per heavy atom. The van der Waals surface area contributed by atoms with Crippen LogP contribution in [0.25, 0.3) is 0 Å². The van der Waals surface area contributed by atoms with Gasteiger partial charge in [-0.2, -0.15) is 0 Å². The predicted molar refractivity (Wildman–Crippen MR) is 93.4 cm³/mol. The van der Waals surface area contributed by atoms with Gasteiger partial charge in [-0.05, 0) is 32.1 Å². The van der Waals surface area contributed by atoms with Gasteiger partial charge in [-0.1, -0.05) is 12.1 Å². The predicted octanol–water partition coefficient (Wildman–Crippen LogP) is -0.261. The topological polar surface area (TPSA) is 98.8 Å². The molecule has 2 aliphatic rings. The third kappa shape index (κ3) is 3.25. The molecule has 4 amide bonds. The summed E-state index contributed by atoms with van der Waals surface area (Å²) in [4.78, 5) is 52.2. The maximum atomic E-state index is 13.0. The van der Waals surface area contributed by atoms with Crippen LogP contribution in [0.1, 0.15) is 39.1 Å². The average molecular weight is 358 g/mol. The Bertz CT molecular complexity index is 776. The van der Waals surface area contributed by atoms with Crippen molar-refractivity contribution in [3.8, 4) is 0 Å². The molecule has 8 heteroatoms. The lowest BCUT2D eigenvalue weighted by atomic mass is 10.0. The number of benzene rings is 1. The highest BCUT2D eigenvalue weighted by Crippen LogP contribution is 2.30. The highest BCUT2D eigenvalue weighted by molar-refractivity contribution is 6.24. The highest BCUT2D eigenvalue weighted by Gasteiger charge is 2.45. The minimum Gasteiger partial charge on any atom is -0.318 e. The van der Waals surface area contributed by atoms with Gasteiger partial charge >= 0.3 is 0 Å². The number of likely N-dealkylation sites (N-methyl/N-ethyl adjacent to an activating group) is 2. The molecule has 8 nitrogen and oxygen atoms in total. The van der Waals surface area contributed by atoms with Crippen molar-refractivity contribution in [2.24, 2.45) is 0 Å². The van der Waals surface area contributed by atoms with Gasteiger partial charge in [0, 0.05) is 26.1 Å². The van der Waals surface area contributed by atoms with Crippen molar-refractivity contribution >= 4 is 23.6 Å². The zero-order valence-corrected chi connectivity index (χ0v) is 14.9. The molecule has 1 atom stereocenters. The van der Waals surface area contributed by atoms with Crippen LogP contribution in [0.4, 0.5) is 0 Å². The van der Waals surface area contributed by atoms with Crippen molar-refractivity contribution in [1.82, 2.24) is 20.4 Å². The van der Waals surface area contributed by atoms with Gasteiger partial charge in [-0.25, -0.2) is 0 Å². The van der Waals surface area contributed by atoms with Gasteiger partial charge in [0.2, 0.25) is 11.8 Å². The molecule has 0 bridgehead atoms. The Balaban J connectivity index is 1.87. The maximum Gasteiger partial charge on any atom is 0.262 e. The summed E-state index contributed by atoms with van der Waals surface area (Å²) >= 11 is 0. The molecule has 0 saturated carbocycles. The van der Waals surface area contributed by atoms with E-state index in [1.807, 2.05) is 20.2 Å². The van der Waals surface area contributed by atoms with Gasteiger partial charge in [-0.3, -0.25) is 29.4 Å². The lowest BCUT2D eigenvalue weighted by molar-refractivity contribution is -0.136. The van der Waals surface area contributed by atoms with E-state index >= 15 is 0 Å². The van der Waals surface area contributed by atoms with Gasteiger partial charge in [0.1, 0.15) is 6.04 Å². The Labute approximate surface area is 151 Å². The fraction of sp³-hybridized carbons (Fsp3) is 0.444. The largest absolute Gasteiger partial charge is 0.318 e. The Morgan fingerprint density at radius 3 is 2.69 bits per heavy atom. The average Bonchev–Trinajstić information content (AvgIpc) is 2.85. The van der Waals surface area contributed by atoms with E-state index in [-0.39, 0.29) is 18.7 Å². The molecule has 1 aromatic rings. The summed E-state index contributed by atoms with van der Waals surface area (Å²) in [6.45, 7) is 2.12. The molecule has 1 aromatic carbocycles. The van der Waals surface area contributed by atoms with Crippen LogP contribution >= 0.6 is 0 Å². The summed E-state index contributed by atoms with van der Waals surface area (Å²) in [6.07, 6.45) is 0.275. The first-order valence-electron chi connectivity index (χ1n) is 8.60. The molecule has 1 unspecified atom stereocenters. The first kappa shape index (κ1) is 18.2. The van der Waals surface area contributed by atoms with Crippen LogP contribution < -0.4 is 10.6 Å². The van der Waals surface area contributed by atoms with E-state index < -0.39 is 23.8 Å². The lowest BCUT2D eigenvalue weighted by Gasteiger charge is -2.28. The van der Waals surface area contributed by atoms with Gasteiger partial charge < -0.3 is 10.2 Å². The monoisotopic (exact) mass is 358 g/mol. The Hall–Kier alpha value is -2.58. The minimum atomic E-state index is -0.935. The molecule has 138 valence electrons. The second-order valence-corrected chi connectivity index (χ2v) is 6.63. The number of fused-ring (bicyclic) bond motifs is 1. The second kappa shape index (κ2) is 7.35. The summed E-state index contributed by atoms with van der Waals surface area (Å²) in [5.74, 6) is -1.91. The van der Waals surface area contributed by atoms with Crippen LogP contribution in [0.3, 0.4) is 0 Å². The smallest absolute Gasteiger partial charge is 0.262 e. The normalized spacial score (nSPS) is 20.0. The van der Waals surface area contributed by atoms with Crippen LogP contribution in [0.5, 0.6) is 0 Å². The Morgan fingerprint density at radius 1 is 1.23 bits per heavy atom. The number of piperidine rings is 1. The van der Waals surface area contributed by atoms with Crippen molar-refractivity contribution in [2.45, 2.75) is 25.4 Å². The molecule has 0 aliphatic carbocycles. The molecule has 0 radical (unpaired) electrons. The molecule has 2 N–H and O–H groups in total. The van der Waals surface area contributed by atoms with E-state index in [1.165, 1.54) is 0 Å². The zero-order chi connectivity index (χ0) is 18.8. The minimum absolute atomic E-state index is 0.115. The molecule has 1 fully saturated rings. The molecule has 3 rings (SSSR count). The number of amides is 4. The van der Waals surface area contributed by atoms with Crippen LogP contribution in [0.15, 0.2) is 18.2 Å². The van der Waals surface area contributed by atoms with Crippen LogP contribution in [-0.4, -0.2) is 66.7 Å². The van der Waals surface area contributed by atoms with Gasteiger partial charge in [0.05, 0.1) is 11.1 Å². The van der Waals surface area contributed by atoms with E-state index in [9.17, 15) is 19.2 Å². The van der Waals surface area contributed by atoms with Crippen molar-refractivity contribution < 1.29 is 19.2 Å². The van der Waals surface area contributed by atoms with Crippen molar-refractivity contribution in [1.29, 1.82) is 0 Å². The number of rotatable bonds is 6. The fourth-order valence-corrected chi connectivity index (χ4v) is 3.39. The summed E-state index contributed by atoms with van der Waals surface area (Å²) < 4.78 is 0. The van der Waals surface area contributed by atoms with Crippen LogP contribution in [0.2, 0.25) is 0 Å². The number of carbonyl (C=O) groups excluding carboxylic acids is 4. The summed E-state index contributed by atoms with van der Waals surface area (Å²) in [5, 5.41) is 5.27. The lowest BCUT2D eigenvalue weighted by Crippen LogP contribution is -2.54. The number of nitrogens with zero attached hydrogens (tertiary/aromatic N) is 2. The standard InChI is InChI=1S/C18H22N4O4/c1-19-8-9-21(2)10-11-4-3-5-12-15(11)18(26)22(17(12)25)13-6-7-14(23)20-16(13)24/h3-5,13,19H,6-10H2,1-2H3,(H,20,23,24). The first-order chi connectivity index (χ1) is 12.4. The van der Waals surface area contributed by atoms with E-state index in [4.69, 9.17) is 0 Å². The third-order valence-electron chi connectivity index (χ3n) is 4.74. The number of nitrogens with one attached hydrogen (secondary N) is 2. The summed E-state index contributed by atoms with van der Waals surface area (Å²) in [7, 11) is 3.81. The van der Waals surface area contributed by atoms with E-state index in [1.54, 1.807) is 12.1 Å². The van der Waals surface area contributed by atoms with Crippen LogP contribution in [-0.2, 0) is 16.1 Å². The summed E-state index contributed by atoms with van der Waals surface area (Å²) in [6, 6.07) is 4.25. The van der Waals surface area contributed by atoms with Crippen molar-refractivity contribution in [2.75, 3.05) is 27.2 Å². The highest BCUT2D eigenvalue weighted by atomic mass is 16.2. The first-order valence-corrected chi connectivity index (χ1v) is 8.60. The molecule has 0 aromatic heterocycles. The number of hydrogen-bond acceptors (Lipinski definition) is 6.